The van der Waals surface area contributed by atoms with Crippen LogP contribution in [0.5, 0.6) is 5.75 Å². The lowest BCUT2D eigenvalue weighted by molar-refractivity contribution is -0.142. The first-order valence-corrected chi connectivity index (χ1v) is 12.8. The minimum atomic E-state index is -0.469. The summed E-state index contributed by atoms with van der Waals surface area (Å²) in [5, 5.41) is 9.46. The number of hydrogen-bond donors (Lipinski definition) is 0. The van der Waals surface area contributed by atoms with E-state index in [4.69, 9.17) is 9.47 Å². The molecule has 0 aliphatic heterocycles. The largest absolute Gasteiger partial charge is 0.495 e. The molecule has 8 nitrogen and oxygen atoms in total. The number of anilines is 1. The highest BCUT2D eigenvalue weighted by atomic mass is 32.2. The summed E-state index contributed by atoms with van der Waals surface area (Å²) in [5.74, 6) is 0.609. The third-order valence-corrected chi connectivity index (χ3v) is 6.55. The van der Waals surface area contributed by atoms with Crippen molar-refractivity contribution in [3.05, 3.63) is 84.4 Å². The number of rotatable bonds is 10. The summed E-state index contributed by atoms with van der Waals surface area (Å²) >= 11 is 1.24. The van der Waals surface area contributed by atoms with Crippen molar-refractivity contribution in [1.29, 1.82) is 0 Å². The zero-order valence-electron chi connectivity index (χ0n) is 21.0. The van der Waals surface area contributed by atoms with Crippen LogP contribution in [0, 0.1) is 6.92 Å². The molecule has 0 fully saturated rings. The Balaban J connectivity index is 1.68. The van der Waals surface area contributed by atoms with Crippen LogP contribution in [-0.2, 0) is 14.3 Å². The number of hydrogen-bond acceptors (Lipinski definition) is 7. The smallest absolute Gasteiger partial charge is 0.326 e. The number of carbonyl (C=O) groups is 2. The second kappa shape index (κ2) is 12.2. The van der Waals surface area contributed by atoms with E-state index in [0.717, 1.165) is 16.8 Å². The number of amides is 1. The third kappa shape index (κ3) is 6.00. The molecule has 0 radical (unpaired) electrons. The summed E-state index contributed by atoms with van der Waals surface area (Å²) in [5.41, 5.74) is 3.35. The Kier molecular flexibility index (Phi) is 8.58. The number of carbonyl (C=O) groups excluding carboxylic acids is 2. The first-order valence-electron chi connectivity index (χ1n) is 11.8. The Bertz CT molecular complexity index is 1370. The molecule has 0 saturated heterocycles. The topological polar surface area (TPSA) is 86.5 Å². The zero-order chi connectivity index (χ0) is 26.2. The molecule has 0 saturated carbocycles. The summed E-state index contributed by atoms with van der Waals surface area (Å²) in [7, 11) is 1.61. The second-order valence-electron chi connectivity index (χ2n) is 8.04. The highest BCUT2D eigenvalue weighted by molar-refractivity contribution is 7.99. The molecular weight excluding hydrogens is 488 g/mol. The Morgan fingerprint density at radius 1 is 0.946 bits per heavy atom. The van der Waals surface area contributed by atoms with E-state index in [1.807, 2.05) is 78.2 Å². The maximum atomic E-state index is 13.4. The lowest BCUT2D eigenvalue weighted by Gasteiger charge is -2.22. The molecule has 37 heavy (non-hydrogen) atoms. The molecule has 3 aromatic carbocycles. The van der Waals surface area contributed by atoms with Crippen molar-refractivity contribution in [2.45, 2.75) is 19.0 Å². The van der Waals surface area contributed by atoms with Gasteiger partial charge in [0.2, 0.25) is 5.91 Å². The molecule has 190 valence electrons. The van der Waals surface area contributed by atoms with Crippen LogP contribution in [-0.4, -0.2) is 52.7 Å². The van der Waals surface area contributed by atoms with Crippen molar-refractivity contribution < 1.29 is 19.1 Å². The van der Waals surface area contributed by atoms with E-state index in [0.29, 0.717) is 22.4 Å². The maximum absolute atomic E-state index is 13.4. The zero-order valence-corrected chi connectivity index (χ0v) is 21.8. The molecule has 9 heteroatoms. The Morgan fingerprint density at radius 3 is 2.38 bits per heavy atom. The first-order chi connectivity index (χ1) is 18.0. The highest BCUT2D eigenvalue weighted by Crippen LogP contribution is 2.33. The number of aromatic nitrogens is 3. The Morgan fingerprint density at radius 2 is 1.65 bits per heavy atom. The van der Waals surface area contributed by atoms with Crippen LogP contribution in [0.1, 0.15) is 12.5 Å². The number of para-hydroxylation sites is 3. The SMILES string of the molecule is CCOC(=O)CN(C(=O)CSc1nnc(-c2ccccc2C)n1-c1ccccc1OC)c1ccccc1. The molecule has 1 amide bonds. The number of ether oxygens (including phenoxy) is 2. The van der Waals surface area contributed by atoms with Gasteiger partial charge >= 0.3 is 5.97 Å². The third-order valence-electron chi connectivity index (χ3n) is 5.63. The molecule has 1 aromatic heterocycles. The highest BCUT2D eigenvalue weighted by Gasteiger charge is 2.24. The number of methoxy groups -OCH3 is 1. The van der Waals surface area contributed by atoms with Gasteiger partial charge in [0.05, 0.1) is 25.2 Å². The summed E-state index contributed by atoms with van der Waals surface area (Å²) in [6, 6.07) is 24.6. The van der Waals surface area contributed by atoms with Crippen molar-refractivity contribution in [3.63, 3.8) is 0 Å². The average molecular weight is 517 g/mol. The van der Waals surface area contributed by atoms with Crippen molar-refractivity contribution in [2.75, 3.05) is 30.9 Å². The molecule has 0 bridgehead atoms. The Hall–Kier alpha value is -4.11. The van der Waals surface area contributed by atoms with Gasteiger partial charge in [0.1, 0.15) is 12.3 Å². The van der Waals surface area contributed by atoms with E-state index >= 15 is 0 Å². The predicted molar refractivity (Wildman–Crippen MR) is 144 cm³/mol. The summed E-state index contributed by atoms with van der Waals surface area (Å²) in [4.78, 5) is 27.0. The fourth-order valence-corrected chi connectivity index (χ4v) is 4.69. The van der Waals surface area contributed by atoms with E-state index in [1.165, 1.54) is 16.7 Å². The van der Waals surface area contributed by atoms with Gasteiger partial charge in [-0.05, 0) is 43.7 Å². The second-order valence-corrected chi connectivity index (χ2v) is 8.98. The van der Waals surface area contributed by atoms with Gasteiger partial charge in [-0.2, -0.15) is 0 Å². The predicted octanol–water partition coefficient (Wildman–Crippen LogP) is 4.94. The molecule has 4 aromatic rings. The minimum Gasteiger partial charge on any atom is -0.495 e. The molecule has 1 heterocycles. The standard InChI is InChI=1S/C28H28N4O4S/c1-4-36-26(34)18-31(21-13-6-5-7-14-21)25(33)19-37-28-30-29-27(22-15-9-8-12-20(22)2)32(28)23-16-10-11-17-24(23)35-3/h5-17H,4,18-19H2,1-3H3. The fourth-order valence-electron chi connectivity index (χ4n) is 3.86. The van der Waals surface area contributed by atoms with Gasteiger partial charge in [0, 0.05) is 11.3 Å². The van der Waals surface area contributed by atoms with Crippen LogP contribution in [0.15, 0.2) is 84.0 Å². The van der Waals surface area contributed by atoms with Gasteiger partial charge < -0.3 is 14.4 Å². The quantitative estimate of drug-likeness (QED) is 0.218. The van der Waals surface area contributed by atoms with Crippen molar-refractivity contribution in [3.8, 4) is 22.8 Å². The Labute approximate surface area is 220 Å². The van der Waals surface area contributed by atoms with Crippen LogP contribution in [0.2, 0.25) is 0 Å². The van der Waals surface area contributed by atoms with Crippen LogP contribution in [0.25, 0.3) is 17.1 Å². The molecule has 0 N–H and O–H groups in total. The number of thioether (sulfide) groups is 1. The molecule has 0 unspecified atom stereocenters. The van der Waals surface area contributed by atoms with Crippen molar-refractivity contribution in [2.24, 2.45) is 0 Å². The number of aryl methyl sites for hydroxylation is 1. The normalized spacial score (nSPS) is 10.7. The first kappa shape index (κ1) is 26.0. The van der Waals surface area contributed by atoms with Crippen LogP contribution >= 0.6 is 11.8 Å². The minimum absolute atomic E-state index is 0.0371. The molecular formula is C28H28N4O4S. The van der Waals surface area contributed by atoms with E-state index < -0.39 is 5.97 Å². The lowest BCUT2D eigenvalue weighted by atomic mass is 10.1. The van der Waals surface area contributed by atoms with Gasteiger partial charge in [0.25, 0.3) is 0 Å². The summed E-state index contributed by atoms with van der Waals surface area (Å²) in [6.45, 7) is 3.82. The van der Waals surface area contributed by atoms with Gasteiger partial charge in [-0.3, -0.25) is 14.2 Å². The van der Waals surface area contributed by atoms with E-state index in [1.54, 1.807) is 26.2 Å². The van der Waals surface area contributed by atoms with E-state index in [-0.39, 0.29) is 24.8 Å². The average Bonchev–Trinajstić information content (AvgIpc) is 3.34. The van der Waals surface area contributed by atoms with E-state index in [9.17, 15) is 9.59 Å². The lowest BCUT2D eigenvalue weighted by Crippen LogP contribution is -2.37. The number of nitrogens with zero attached hydrogens (tertiary/aromatic N) is 4. The van der Waals surface area contributed by atoms with Crippen molar-refractivity contribution in [1.82, 2.24) is 14.8 Å². The van der Waals surface area contributed by atoms with Gasteiger partial charge in [-0.1, -0.05) is 66.4 Å². The molecule has 0 aliphatic carbocycles. The summed E-state index contributed by atoms with van der Waals surface area (Å²) in [6.07, 6.45) is 0. The van der Waals surface area contributed by atoms with Crippen LogP contribution in [0.3, 0.4) is 0 Å². The van der Waals surface area contributed by atoms with Crippen LogP contribution in [0.4, 0.5) is 5.69 Å². The van der Waals surface area contributed by atoms with E-state index in [2.05, 4.69) is 10.2 Å². The van der Waals surface area contributed by atoms with Gasteiger partial charge in [-0.25, -0.2) is 0 Å². The van der Waals surface area contributed by atoms with Crippen LogP contribution < -0.4 is 9.64 Å². The molecule has 0 spiro atoms. The molecule has 0 aliphatic rings. The molecule has 4 rings (SSSR count). The maximum Gasteiger partial charge on any atom is 0.326 e. The van der Waals surface area contributed by atoms with Gasteiger partial charge in [0.15, 0.2) is 11.0 Å². The van der Waals surface area contributed by atoms with Gasteiger partial charge in [-0.15, -0.1) is 10.2 Å². The fraction of sp³-hybridized carbons (Fsp3) is 0.214. The summed E-state index contributed by atoms with van der Waals surface area (Å²) < 4.78 is 12.6. The van der Waals surface area contributed by atoms with Crippen molar-refractivity contribution >= 4 is 29.3 Å². The monoisotopic (exact) mass is 516 g/mol. The number of esters is 1. The number of benzene rings is 3. The molecule has 0 atom stereocenters.